The van der Waals surface area contributed by atoms with Gasteiger partial charge >= 0.3 is 0 Å². The van der Waals surface area contributed by atoms with Gasteiger partial charge in [-0.25, -0.2) is 8.42 Å². The van der Waals surface area contributed by atoms with E-state index < -0.39 is 10.0 Å². The van der Waals surface area contributed by atoms with Crippen molar-refractivity contribution in [1.82, 2.24) is 4.31 Å². The van der Waals surface area contributed by atoms with E-state index in [-0.39, 0.29) is 6.04 Å². The molecular formula is C14H22N2O3S. The van der Waals surface area contributed by atoms with E-state index >= 15 is 0 Å². The molecule has 0 saturated carbocycles. The maximum atomic E-state index is 12.6. The van der Waals surface area contributed by atoms with E-state index in [2.05, 4.69) is 0 Å². The molecule has 0 aromatic heterocycles. The molecule has 0 aliphatic carbocycles. The summed E-state index contributed by atoms with van der Waals surface area (Å²) in [5, 5.41) is 0. The molecule has 0 bridgehead atoms. The average Bonchev–Trinajstić information content (AvgIpc) is 2.95. The maximum Gasteiger partial charge on any atom is 0.243 e. The predicted octanol–water partition coefficient (Wildman–Crippen LogP) is 1.59. The molecule has 1 aliphatic rings. The molecule has 5 nitrogen and oxygen atoms in total. The first-order valence-corrected chi connectivity index (χ1v) is 8.48. The number of sulfonamides is 1. The van der Waals surface area contributed by atoms with Gasteiger partial charge in [0.15, 0.2) is 0 Å². The second kappa shape index (κ2) is 6.56. The monoisotopic (exact) mass is 298 g/mol. The van der Waals surface area contributed by atoms with Crippen LogP contribution in [0.3, 0.4) is 0 Å². The Balaban J connectivity index is 2.17. The lowest BCUT2D eigenvalue weighted by molar-refractivity contribution is 0.317. The molecule has 112 valence electrons. The summed E-state index contributed by atoms with van der Waals surface area (Å²) in [6.07, 6.45) is 2.64. The molecule has 1 fully saturated rings. The van der Waals surface area contributed by atoms with Gasteiger partial charge in [0, 0.05) is 19.1 Å². The molecular weight excluding hydrogens is 276 g/mol. The molecule has 6 heteroatoms. The lowest BCUT2D eigenvalue weighted by Crippen LogP contribution is -2.39. The zero-order chi connectivity index (χ0) is 14.6. The Labute approximate surface area is 120 Å². The fraction of sp³-hybridized carbons (Fsp3) is 0.571. The van der Waals surface area contributed by atoms with Crippen molar-refractivity contribution in [3.8, 4) is 5.75 Å². The topological polar surface area (TPSA) is 72.6 Å². The summed E-state index contributed by atoms with van der Waals surface area (Å²) in [5.41, 5.74) is 5.65. The van der Waals surface area contributed by atoms with Crippen LogP contribution in [0.1, 0.15) is 26.2 Å². The van der Waals surface area contributed by atoms with E-state index in [4.69, 9.17) is 10.5 Å². The highest BCUT2D eigenvalue weighted by molar-refractivity contribution is 7.89. The van der Waals surface area contributed by atoms with Gasteiger partial charge in [0.05, 0.1) is 11.5 Å². The molecule has 20 heavy (non-hydrogen) atoms. The van der Waals surface area contributed by atoms with Crippen molar-refractivity contribution >= 4 is 10.0 Å². The van der Waals surface area contributed by atoms with Crippen LogP contribution < -0.4 is 10.5 Å². The first kappa shape index (κ1) is 15.3. The van der Waals surface area contributed by atoms with Crippen molar-refractivity contribution in [2.24, 2.45) is 5.73 Å². The third kappa shape index (κ3) is 3.13. The summed E-state index contributed by atoms with van der Waals surface area (Å²) < 4.78 is 32.1. The summed E-state index contributed by atoms with van der Waals surface area (Å²) in [7, 11) is -3.44. The van der Waals surface area contributed by atoms with Crippen molar-refractivity contribution in [2.75, 3.05) is 19.7 Å². The quantitative estimate of drug-likeness (QED) is 0.865. The molecule has 2 N–H and O–H groups in total. The van der Waals surface area contributed by atoms with Crippen LogP contribution in [-0.4, -0.2) is 38.5 Å². The van der Waals surface area contributed by atoms with Gasteiger partial charge in [0.25, 0.3) is 0 Å². The summed E-state index contributed by atoms with van der Waals surface area (Å²) in [6, 6.07) is 6.54. The highest BCUT2D eigenvalue weighted by Crippen LogP contribution is 2.26. The van der Waals surface area contributed by atoms with Crippen molar-refractivity contribution in [3.63, 3.8) is 0 Å². The molecule has 2 rings (SSSR count). The molecule has 1 aromatic rings. The highest BCUT2D eigenvalue weighted by atomic mass is 32.2. The van der Waals surface area contributed by atoms with E-state index in [0.717, 1.165) is 19.3 Å². The number of ether oxygens (including phenoxy) is 1. The Morgan fingerprint density at radius 2 is 2.05 bits per heavy atom. The van der Waals surface area contributed by atoms with Gasteiger partial charge in [-0.05, 0) is 43.5 Å². The molecule has 1 saturated heterocycles. The van der Waals surface area contributed by atoms with Crippen molar-refractivity contribution < 1.29 is 13.2 Å². The number of rotatable bonds is 6. The largest absolute Gasteiger partial charge is 0.494 e. The predicted molar refractivity (Wildman–Crippen MR) is 78.2 cm³/mol. The minimum atomic E-state index is -3.44. The second-order valence-corrected chi connectivity index (χ2v) is 6.86. The normalized spacial score (nSPS) is 20.2. The Morgan fingerprint density at radius 3 is 2.65 bits per heavy atom. The zero-order valence-corrected chi connectivity index (χ0v) is 12.6. The first-order chi connectivity index (χ1) is 9.59. The molecule has 1 aliphatic heterocycles. The van der Waals surface area contributed by atoms with Crippen molar-refractivity contribution in [1.29, 1.82) is 0 Å². The average molecular weight is 298 g/mol. The number of nitrogens with two attached hydrogens (primary N) is 1. The highest BCUT2D eigenvalue weighted by Gasteiger charge is 2.34. The van der Waals surface area contributed by atoms with Gasteiger partial charge in [0.1, 0.15) is 5.75 Å². The second-order valence-electron chi connectivity index (χ2n) is 4.97. The lowest BCUT2D eigenvalue weighted by atomic mass is 10.2. The fourth-order valence-electron chi connectivity index (χ4n) is 2.42. The zero-order valence-electron chi connectivity index (χ0n) is 11.8. The van der Waals surface area contributed by atoms with Crippen molar-refractivity contribution in [2.45, 2.75) is 37.1 Å². The lowest BCUT2D eigenvalue weighted by Gasteiger charge is -2.22. The van der Waals surface area contributed by atoms with Gasteiger partial charge in [-0.15, -0.1) is 0 Å². The smallest absolute Gasteiger partial charge is 0.243 e. The van der Waals surface area contributed by atoms with Crippen LogP contribution in [0.25, 0.3) is 0 Å². The SMILES string of the molecule is CCCOc1ccc(S(=O)(=O)N2CCCC2CN)cc1. The van der Waals surface area contributed by atoms with E-state index in [9.17, 15) is 8.42 Å². The van der Waals surface area contributed by atoms with Crippen LogP contribution >= 0.6 is 0 Å². The van der Waals surface area contributed by atoms with Crippen LogP contribution in [0.15, 0.2) is 29.2 Å². The molecule has 1 aromatic carbocycles. The van der Waals surface area contributed by atoms with Crippen LogP contribution in [0.4, 0.5) is 0 Å². The Hall–Kier alpha value is -1.11. The number of nitrogens with zero attached hydrogens (tertiary/aromatic N) is 1. The summed E-state index contributed by atoms with van der Waals surface area (Å²) in [5.74, 6) is 0.697. The van der Waals surface area contributed by atoms with Crippen LogP contribution in [-0.2, 0) is 10.0 Å². The molecule has 0 radical (unpaired) electrons. The van der Waals surface area contributed by atoms with E-state index in [1.165, 1.54) is 4.31 Å². The van der Waals surface area contributed by atoms with Gasteiger partial charge < -0.3 is 10.5 Å². The third-order valence-electron chi connectivity index (χ3n) is 3.50. The van der Waals surface area contributed by atoms with Crippen molar-refractivity contribution in [3.05, 3.63) is 24.3 Å². The molecule has 1 unspecified atom stereocenters. The van der Waals surface area contributed by atoms with Crippen LogP contribution in [0.2, 0.25) is 0 Å². The van der Waals surface area contributed by atoms with E-state index in [1.54, 1.807) is 24.3 Å². The maximum absolute atomic E-state index is 12.6. The fourth-order valence-corrected chi connectivity index (χ4v) is 4.13. The Kier molecular flexibility index (Phi) is 5.01. The molecule has 1 heterocycles. The van der Waals surface area contributed by atoms with Gasteiger partial charge in [-0.2, -0.15) is 4.31 Å². The van der Waals surface area contributed by atoms with Gasteiger partial charge in [0.2, 0.25) is 10.0 Å². The summed E-state index contributed by atoms with van der Waals surface area (Å²) in [4.78, 5) is 0.307. The van der Waals surface area contributed by atoms with E-state index in [0.29, 0.717) is 30.3 Å². The Morgan fingerprint density at radius 1 is 1.35 bits per heavy atom. The summed E-state index contributed by atoms with van der Waals surface area (Å²) in [6.45, 7) is 3.59. The van der Waals surface area contributed by atoms with Gasteiger partial charge in [-0.1, -0.05) is 6.92 Å². The van der Waals surface area contributed by atoms with Crippen LogP contribution in [0, 0.1) is 0 Å². The number of benzene rings is 1. The first-order valence-electron chi connectivity index (χ1n) is 7.04. The molecule has 1 atom stereocenters. The Bertz CT molecular complexity index is 528. The third-order valence-corrected chi connectivity index (χ3v) is 5.46. The van der Waals surface area contributed by atoms with Gasteiger partial charge in [-0.3, -0.25) is 0 Å². The summed E-state index contributed by atoms with van der Waals surface area (Å²) >= 11 is 0. The number of hydrogen-bond acceptors (Lipinski definition) is 4. The minimum absolute atomic E-state index is 0.0731. The number of hydrogen-bond donors (Lipinski definition) is 1. The van der Waals surface area contributed by atoms with Crippen LogP contribution in [0.5, 0.6) is 5.75 Å². The van der Waals surface area contributed by atoms with E-state index in [1.807, 2.05) is 6.92 Å². The molecule has 0 amide bonds. The standard InChI is InChI=1S/C14H22N2O3S/c1-2-10-19-13-5-7-14(8-6-13)20(17,18)16-9-3-4-12(16)11-15/h5-8,12H,2-4,9-11,15H2,1H3. The minimum Gasteiger partial charge on any atom is -0.494 e. The molecule has 0 spiro atoms.